The molecule has 1 heterocycles. The molecule has 1 aromatic carbocycles. The van der Waals surface area contributed by atoms with Crippen LogP contribution in [0.1, 0.15) is 32.3 Å². The van der Waals surface area contributed by atoms with Crippen molar-refractivity contribution in [2.45, 2.75) is 39.2 Å². The molecule has 1 aromatic rings. The molecule has 0 amide bonds. The van der Waals surface area contributed by atoms with E-state index < -0.39 is 0 Å². The molecule has 1 aliphatic rings. The highest BCUT2D eigenvalue weighted by molar-refractivity contribution is 5.46. The third-order valence-electron chi connectivity index (χ3n) is 4.01. The summed E-state index contributed by atoms with van der Waals surface area (Å²) in [6.07, 6.45) is 3.75. The predicted octanol–water partition coefficient (Wildman–Crippen LogP) is 2.93. The van der Waals surface area contributed by atoms with Crippen molar-refractivity contribution in [3.63, 3.8) is 0 Å². The Morgan fingerprint density at radius 2 is 1.94 bits per heavy atom. The van der Waals surface area contributed by atoms with E-state index in [-0.39, 0.29) is 0 Å². The lowest BCUT2D eigenvalue weighted by molar-refractivity contribution is 0.146. The van der Waals surface area contributed by atoms with Crippen LogP contribution < -0.4 is 5.73 Å². The number of nitrogens with two attached hydrogens (primary N) is 1. The summed E-state index contributed by atoms with van der Waals surface area (Å²) >= 11 is 0. The Kier molecular flexibility index (Phi) is 4.06. The van der Waals surface area contributed by atoms with E-state index in [1.807, 2.05) is 12.1 Å². The van der Waals surface area contributed by atoms with Crippen LogP contribution >= 0.6 is 0 Å². The van der Waals surface area contributed by atoms with Crippen LogP contribution in [0.5, 0.6) is 0 Å². The van der Waals surface area contributed by atoms with Gasteiger partial charge in [0.2, 0.25) is 0 Å². The number of anilines is 1. The zero-order chi connectivity index (χ0) is 12.3. The van der Waals surface area contributed by atoms with Crippen LogP contribution in [-0.2, 0) is 6.42 Å². The second-order valence-electron chi connectivity index (χ2n) is 5.47. The van der Waals surface area contributed by atoms with Gasteiger partial charge in [-0.3, -0.25) is 0 Å². The Morgan fingerprint density at radius 1 is 1.29 bits per heavy atom. The number of para-hydroxylation sites is 1. The minimum absolute atomic E-state index is 0.604. The maximum Gasteiger partial charge on any atom is 0.0347 e. The van der Waals surface area contributed by atoms with Crippen LogP contribution in [0, 0.1) is 5.92 Å². The largest absolute Gasteiger partial charge is 0.399 e. The van der Waals surface area contributed by atoms with Crippen molar-refractivity contribution in [2.24, 2.45) is 5.92 Å². The second kappa shape index (κ2) is 5.54. The van der Waals surface area contributed by atoms with E-state index >= 15 is 0 Å². The minimum Gasteiger partial charge on any atom is -0.399 e. The summed E-state index contributed by atoms with van der Waals surface area (Å²) in [4.78, 5) is 2.60. The molecular weight excluding hydrogens is 208 g/mol. The average Bonchev–Trinajstić information content (AvgIpc) is 2.33. The van der Waals surface area contributed by atoms with Gasteiger partial charge < -0.3 is 10.6 Å². The fourth-order valence-corrected chi connectivity index (χ4v) is 2.64. The first kappa shape index (κ1) is 12.4. The maximum atomic E-state index is 6.00. The number of nitrogen functional groups attached to an aromatic ring is 1. The minimum atomic E-state index is 0.604. The Bertz CT molecular complexity index is 354. The SMILES string of the molecule is CC1CCN(C(C)Cc2ccccc2N)CC1. The average molecular weight is 232 g/mol. The van der Waals surface area contributed by atoms with Crippen LogP contribution in [0.25, 0.3) is 0 Å². The summed E-state index contributed by atoms with van der Waals surface area (Å²) in [5.74, 6) is 0.903. The number of piperidine rings is 1. The Hall–Kier alpha value is -1.02. The van der Waals surface area contributed by atoms with E-state index in [2.05, 4.69) is 30.9 Å². The molecule has 0 aromatic heterocycles. The topological polar surface area (TPSA) is 29.3 Å². The highest BCUT2D eigenvalue weighted by Crippen LogP contribution is 2.21. The van der Waals surface area contributed by atoms with Gasteiger partial charge in [0, 0.05) is 11.7 Å². The number of benzene rings is 1. The number of nitrogens with zero attached hydrogens (tertiary/aromatic N) is 1. The normalized spacial score (nSPS) is 20.4. The van der Waals surface area contributed by atoms with Crippen LogP contribution in [0.4, 0.5) is 5.69 Å². The van der Waals surface area contributed by atoms with Crippen LogP contribution in [-0.4, -0.2) is 24.0 Å². The van der Waals surface area contributed by atoms with Crippen molar-refractivity contribution in [1.29, 1.82) is 0 Å². The van der Waals surface area contributed by atoms with Gasteiger partial charge in [-0.05, 0) is 56.8 Å². The second-order valence-corrected chi connectivity index (χ2v) is 5.47. The van der Waals surface area contributed by atoms with Crippen molar-refractivity contribution in [3.8, 4) is 0 Å². The zero-order valence-electron chi connectivity index (χ0n) is 11.0. The van der Waals surface area contributed by atoms with Gasteiger partial charge in [0.25, 0.3) is 0 Å². The van der Waals surface area contributed by atoms with Gasteiger partial charge in [0.15, 0.2) is 0 Å². The molecule has 2 N–H and O–H groups in total. The Balaban J connectivity index is 1.93. The molecule has 0 radical (unpaired) electrons. The zero-order valence-corrected chi connectivity index (χ0v) is 11.0. The number of likely N-dealkylation sites (tertiary alicyclic amines) is 1. The van der Waals surface area contributed by atoms with E-state index in [9.17, 15) is 0 Å². The van der Waals surface area contributed by atoms with Gasteiger partial charge in [-0.2, -0.15) is 0 Å². The smallest absolute Gasteiger partial charge is 0.0347 e. The standard InChI is InChI=1S/C15H24N2/c1-12-7-9-17(10-8-12)13(2)11-14-5-3-4-6-15(14)16/h3-6,12-13H,7-11,16H2,1-2H3. The van der Waals surface area contributed by atoms with Gasteiger partial charge in [-0.25, -0.2) is 0 Å². The fourth-order valence-electron chi connectivity index (χ4n) is 2.64. The third kappa shape index (κ3) is 3.22. The summed E-state index contributed by atoms with van der Waals surface area (Å²) in [7, 11) is 0. The number of hydrogen-bond donors (Lipinski definition) is 1. The summed E-state index contributed by atoms with van der Waals surface area (Å²) in [6.45, 7) is 7.17. The molecule has 17 heavy (non-hydrogen) atoms. The molecule has 0 aliphatic carbocycles. The van der Waals surface area contributed by atoms with Gasteiger partial charge in [-0.1, -0.05) is 25.1 Å². The van der Waals surface area contributed by atoms with Gasteiger partial charge in [0.05, 0.1) is 0 Å². The molecule has 2 rings (SSSR count). The number of rotatable bonds is 3. The fraction of sp³-hybridized carbons (Fsp3) is 0.600. The summed E-state index contributed by atoms with van der Waals surface area (Å²) in [5, 5.41) is 0. The van der Waals surface area contributed by atoms with Crippen LogP contribution in [0.2, 0.25) is 0 Å². The molecule has 94 valence electrons. The maximum absolute atomic E-state index is 6.00. The van der Waals surface area contributed by atoms with Crippen molar-refractivity contribution < 1.29 is 0 Å². The monoisotopic (exact) mass is 232 g/mol. The lowest BCUT2D eigenvalue weighted by atomic mass is 9.96. The molecule has 1 aliphatic heterocycles. The van der Waals surface area contributed by atoms with E-state index in [1.54, 1.807) is 0 Å². The van der Waals surface area contributed by atoms with Crippen LogP contribution in [0.3, 0.4) is 0 Å². The molecular formula is C15H24N2. The van der Waals surface area contributed by atoms with Gasteiger partial charge in [0.1, 0.15) is 0 Å². The summed E-state index contributed by atoms with van der Waals surface area (Å²) in [6, 6.07) is 8.84. The molecule has 2 nitrogen and oxygen atoms in total. The van der Waals surface area contributed by atoms with E-state index in [4.69, 9.17) is 5.73 Å². The Morgan fingerprint density at radius 3 is 2.59 bits per heavy atom. The third-order valence-corrected chi connectivity index (χ3v) is 4.01. The van der Waals surface area contributed by atoms with Crippen molar-refractivity contribution in [2.75, 3.05) is 18.8 Å². The lowest BCUT2D eigenvalue weighted by Gasteiger charge is -2.35. The van der Waals surface area contributed by atoms with Crippen molar-refractivity contribution in [3.05, 3.63) is 29.8 Å². The summed E-state index contributed by atoms with van der Waals surface area (Å²) in [5.41, 5.74) is 8.23. The van der Waals surface area contributed by atoms with Crippen molar-refractivity contribution in [1.82, 2.24) is 4.90 Å². The number of hydrogen-bond acceptors (Lipinski definition) is 2. The highest BCUT2D eigenvalue weighted by Gasteiger charge is 2.20. The molecule has 1 saturated heterocycles. The molecule has 2 heteroatoms. The Labute approximate surface area is 105 Å². The predicted molar refractivity (Wildman–Crippen MR) is 74.0 cm³/mol. The molecule has 0 spiro atoms. The van der Waals surface area contributed by atoms with Gasteiger partial charge in [-0.15, -0.1) is 0 Å². The van der Waals surface area contributed by atoms with E-state index in [1.165, 1.54) is 31.5 Å². The lowest BCUT2D eigenvalue weighted by Crippen LogP contribution is -2.40. The van der Waals surface area contributed by atoms with Gasteiger partial charge >= 0.3 is 0 Å². The quantitative estimate of drug-likeness (QED) is 0.812. The first-order chi connectivity index (χ1) is 8.16. The first-order valence-electron chi connectivity index (χ1n) is 6.74. The van der Waals surface area contributed by atoms with Crippen LogP contribution in [0.15, 0.2) is 24.3 Å². The highest BCUT2D eigenvalue weighted by atomic mass is 15.2. The molecule has 1 unspecified atom stereocenters. The van der Waals surface area contributed by atoms with E-state index in [0.29, 0.717) is 6.04 Å². The van der Waals surface area contributed by atoms with E-state index in [0.717, 1.165) is 18.0 Å². The first-order valence-corrected chi connectivity index (χ1v) is 6.74. The summed E-state index contributed by atoms with van der Waals surface area (Å²) < 4.78 is 0. The molecule has 1 atom stereocenters. The van der Waals surface area contributed by atoms with Crippen molar-refractivity contribution >= 4 is 5.69 Å². The molecule has 0 saturated carbocycles. The molecule has 1 fully saturated rings. The molecule has 0 bridgehead atoms.